The van der Waals surface area contributed by atoms with Gasteiger partial charge in [0.2, 0.25) is 5.91 Å². The molecule has 1 unspecified atom stereocenters. The molecule has 0 spiro atoms. The van der Waals surface area contributed by atoms with Crippen LogP contribution in [-0.2, 0) is 4.79 Å². The Hall–Kier alpha value is -0.570. The molecule has 0 saturated carbocycles. The van der Waals surface area contributed by atoms with Gasteiger partial charge in [-0.2, -0.15) is 0 Å². The van der Waals surface area contributed by atoms with E-state index in [2.05, 4.69) is 19.2 Å². The van der Waals surface area contributed by atoms with Gasteiger partial charge in [-0.25, -0.2) is 0 Å². The fraction of sp³-hybridized carbons (Fsp3) is 0.923. The van der Waals surface area contributed by atoms with Crippen molar-refractivity contribution in [2.24, 2.45) is 0 Å². The van der Waals surface area contributed by atoms with Crippen LogP contribution in [0.5, 0.6) is 0 Å². The van der Waals surface area contributed by atoms with Crippen LogP contribution in [-0.4, -0.2) is 36.0 Å². The molecule has 1 aliphatic rings. The number of hydrogen-bond acceptors (Lipinski definition) is 2. The molecule has 0 aromatic rings. The molecule has 1 fully saturated rings. The lowest BCUT2D eigenvalue weighted by Crippen LogP contribution is -2.58. The number of amides is 1. The summed E-state index contributed by atoms with van der Waals surface area (Å²) in [7, 11) is 1.95. The lowest BCUT2D eigenvalue weighted by molar-refractivity contribution is -0.139. The van der Waals surface area contributed by atoms with Crippen LogP contribution in [0.25, 0.3) is 0 Å². The molecule has 0 radical (unpaired) electrons. The van der Waals surface area contributed by atoms with Crippen molar-refractivity contribution >= 4 is 5.91 Å². The van der Waals surface area contributed by atoms with Crippen LogP contribution in [0.15, 0.2) is 0 Å². The average Bonchev–Trinajstić information content (AvgIpc) is 2.30. The zero-order valence-corrected chi connectivity index (χ0v) is 11.2. The minimum absolute atomic E-state index is 0.265. The highest BCUT2D eigenvalue weighted by molar-refractivity contribution is 5.86. The highest BCUT2D eigenvalue weighted by Gasteiger charge is 2.37. The summed E-state index contributed by atoms with van der Waals surface area (Å²) in [5.41, 5.74) is -0.324. The molecule has 1 aliphatic heterocycles. The van der Waals surface area contributed by atoms with Gasteiger partial charge in [-0.1, -0.05) is 13.8 Å². The van der Waals surface area contributed by atoms with Crippen molar-refractivity contribution in [3.63, 3.8) is 0 Å². The molecule has 3 nitrogen and oxygen atoms in total. The first-order chi connectivity index (χ1) is 7.55. The summed E-state index contributed by atoms with van der Waals surface area (Å²) in [6.45, 7) is 7.32. The summed E-state index contributed by atoms with van der Waals surface area (Å²) in [6, 6.07) is 0.382. The van der Waals surface area contributed by atoms with E-state index in [1.54, 1.807) is 0 Å². The summed E-state index contributed by atoms with van der Waals surface area (Å²) in [4.78, 5) is 14.4. The summed E-state index contributed by atoms with van der Waals surface area (Å²) in [5.74, 6) is 0.265. The predicted octanol–water partition coefficient (Wildman–Crippen LogP) is 2.17. The maximum Gasteiger partial charge on any atom is 0.242 e. The SMILES string of the molecule is CCC(CC)N(C)C(=O)C1(C)CCCCN1. The third-order valence-corrected chi connectivity index (χ3v) is 3.90. The number of rotatable bonds is 4. The first kappa shape index (κ1) is 13.5. The zero-order chi connectivity index (χ0) is 12.2. The first-order valence-electron chi connectivity index (χ1n) is 6.57. The fourth-order valence-corrected chi connectivity index (χ4v) is 2.63. The van der Waals surface area contributed by atoms with E-state index < -0.39 is 0 Å². The maximum atomic E-state index is 12.4. The van der Waals surface area contributed by atoms with Crippen LogP contribution >= 0.6 is 0 Å². The number of piperidine rings is 1. The van der Waals surface area contributed by atoms with Crippen LogP contribution in [0, 0.1) is 0 Å². The molecule has 1 heterocycles. The highest BCUT2D eigenvalue weighted by Crippen LogP contribution is 2.22. The number of carbonyl (C=O) groups excluding carboxylic acids is 1. The highest BCUT2D eigenvalue weighted by atomic mass is 16.2. The summed E-state index contributed by atoms with van der Waals surface area (Å²) in [5, 5.41) is 3.39. The second-order valence-corrected chi connectivity index (χ2v) is 5.10. The van der Waals surface area contributed by atoms with E-state index in [0.717, 1.165) is 32.2 Å². The second kappa shape index (κ2) is 5.67. The Morgan fingerprint density at radius 1 is 1.38 bits per heavy atom. The number of nitrogens with one attached hydrogen (secondary N) is 1. The van der Waals surface area contributed by atoms with Crippen molar-refractivity contribution in [2.45, 2.75) is 64.5 Å². The zero-order valence-electron chi connectivity index (χ0n) is 11.2. The molecule has 0 bridgehead atoms. The molecule has 1 amide bonds. The molecule has 0 aromatic carbocycles. The normalized spacial score (nSPS) is 25.8. The van der Waals surface area contributed by atoms with E-state index >= 15 is 0 Å². The van der Waals surface area contributed by atoms with Crippen LogP contribution in [0.1, 0.15) is 52.9 Å². The Morgan fingerprint density at radius 3 is 2.44 bits per heavy atom. The number of carbonyl (C=O) groups is 1. The van der Waals surface area contributed by atoms with Crippen LogP contribution in [0.4, 0.5) is 0 Å². The van der Waals surface area contributed by atoms with E-state index in [1.165, 1.54) is 6.42 Å². The summed E-state index contributed by atoms with van der Waals surface area (Å²) < 4.78 is 0. The number of likely N-dealkylation sites (N-methyl/N-ethyl adjacent to an activating group) is 1. The number of hydrogen-bond donors (Lipinski definition) is 1. The van der Waals surface area contributed by atoms with Gasteiger partial charge in [-0.05, 0) is 45.6 Å². The minimum atomic E-state index is -0.324. The van der Waals surface area contributed by atoms with E-state index in [1.807, 2.05) is 18.9 Å². The molecule has 94 valence electrons. The van der Waals surface area contributed by atoms with Crippen LogP contribution in [0.3, 0.4) is 0 Å². The van der Waals surface area contributed by atoms with Gasteiger partial charge < -0.3 is 10.2 Å². The van der Waals surface area contributed by atoms with E-state index in [0.29, 0.717) is 6.04 Å². The Balaban J connectivity index is 2.67. The monoisotopic (exact) mass is 226 g/mol. The van der Waals surface area contributed by atoms with Crippen LogP contribution < -0.4 is 5.32 Å². The van der Waals surface area contributed by atoms with E-state index in [-0.39, 0.29) is 11.4 Å². The molecule has 0 aromatic heterocycles. The van der Waals surface area contributed by atoms with Gasteiger partial charge in [0.15, 0.2) is 0 Å². The second-order valence-electron chi connectivity index (χ2n) is 5.10. The van der Waals surface area contributed by atoms with Crippen molar-refractivity contribution in [3.8, 4) is 0 Å². The van der Waals surface area contributed by atoms with Gasteiger partial charge in [0.05, 0.1) is 5.54 Å². The topological polar surface area (TPSA) is 32.3 Å². The van der Waals surface area contributed by atoms with Gasteiger partial charge in [0.25, 0.3) is 0 Å². The Bertz CT molecular complexity index is 230. The smallest absolute Gasteiger partial charge is 0.242 e. The van der Waals surface area contributed by atoms with Crippen molar-refractivity contribution < 1.29 is 4.79 Å². The molecule has 0 aliphatic carbocycles. The van der Waals surface area contributed by atoms with Gasteiger partial charge in [-0.3, -0.25) is 4.79 Å². The van der Waals surface area contributed by atoms with Gasteiger partial charge in [0.1, 0.15) is 0 Å². The van der Waals surface area contributed by atoms with Crippen molar-refractivity contribution in [2.75, 3.05) is 13.6 Å². The Labute approximate surface area is 99.6 Å². The molecule has 1 N–H and O–H groups in total. The molecule has 1 saturated heterocycles. The maximum absolute atomic E-state index is 12.4. The fourth-order valence-electron chi connectivity index (χ4n) is 2.63. The predicted molar refractivity (Wildman–Crippen MR) is 67.4 cm³/mol. The lowest BCUT2D eigenvalue weighted by Gasteiger charge is -2.39. The van der Waals surface area contributed by atoms with Gasteiger partial charge >= 0.3 is 0 Å². The number of nitrogens with zero attached hydrogens (tertiary/aromatic N) is 1. The molecule has 3 heteroatoms. The van der Waals surface area contributed by atoms with E-state index in [4.69, 9.17) is 0 Å². The van der Waals surface area contributed by atoms with Crippen LogP contribution in [0.2, 0.25) is 0 Å². The Kier molecular flexibility index (Phi) is 4.78. The third kappa shape index (κ3) is 2.76. The van der Waals surface area contributed by atoms with Crippen molar-refractivity contribution in [1.29, 1.82) is 0 Å². The van der Waals surface area contributed by atoms with E-state index in [9.17, 15) is 4.79 Å². The largest absolute Gasteiger partial charge is 0.341 e. The van der Waals surface area contributed by atoms with Gasteiger partial charge in [0, 0.05) is 13.1 Å². The van der Waals surface area contributed by atoms with Crippen molar-refractivity contribution in [1.82, 2.24) is 10.2 Å². The van der Waals surface area contributed by atoms with Gasteiger partial charge in [-0.15, -0.1) is 0 Å². The first-order valence-corrected chi connectivity index (χ1v) is 6.57. The third-order valence-electron chi connectivity index (χ3n) is 3.90. The molecule has 1 atom stereocenters. The molecular weight excluding hydrogens is 200 g/mol. The van der Waals surface area contributed by atoms with Crippen molar-refractivity contribution in [3.05, 3.63) is 0 Å². The molecular formula is C13H26N2O. The summed E-state index contributed by atoms with van der Waals surface area (Å²) in [6.07, 6.45) is 5.39. The standard InChI is InChI=1S/C13H26N2O/c1-5-11(6-2)15(4)12(16)13(3)9-7-8-10-14-13/h11,14H,5-10H2,1-4H3. The lowest BCUT2D eigenvalue weighted by atomic mass is 9.89. The quantitative estimate of drug-likeness (QED) is 0.797. The molecule has 1 rings (SSSR count). The summed E-state index contributed by atoms with van der Waals surface area (Å²) >= 11 is 0. The average molecular weight is 226 g/mol. The minimum Gasteiger partial charge on any atom is -0.341 e. The Morgan fingerprint density at radius 2 is 2.00 bits per heavy atom. The molecule has 16 heavy (non-hydrogen) atoms.